The number of nitrogens with zero attached hydrogens (tertiary/aromatic N) is 1. The smallest absolute Gasteiger partial charge is 0.416 e. The minimum absolute atomic E-state index is 0.137. The zero-order valence-electron chi connectivity index (χ0n) is 14.4. The third-order valence-electron chi connectivity index (χ3n) is 4.25. The second kappa shape index (κ2) is 7.38. The lowest BCUT2D eigenvalue weighted by molar-refractivity contribution is -0.128. The van der Waals surface area contributed by atoms with Crippen molar-refractivity contribution in [2.75, 3.05) is 13.7 Å². The molecule has 0 spiro atoms. The van der Waals surface area contributed by atoms with Crippen LogP contribution in [0, 0.1) is 6.92 Å². The molecule has 2 aromatic carbocycles. The first kappa shape index (κ1) is 17.0. The molecule has 0 bridgehead atoms. The standard InChI is InChI=1S/C20H21NO4/c1-14-8-16(11-18(9-14)24-2)12-19(22)21-17(13-25-20(21)23)10-15-6-4-3-5-7-15/h3-9,11,17H,10,12-13H2,1-2H3/t17-/m1/s1. The minimum Gasteiger partial charge on any atom is -0.497 e. The van der Waals surface area contributed by atoms with Gasteiger partial charge in [-0.3, -0.25) is 4.79 Å². The Balaban J connectivity index is 1.75. The molecule has 1 aliphatic heterocycles. The summed E-state index contributed by atoms with van der Waals surface area (Å²) in [6.45, 7) is 2.18. The number of hydrogen-bond acceptors (Lipinski definition) is 4. The fourth-order valence-corrected chi connectivity index (χ4v) is 3.11. The molecule has 1 saturated heterocycles. The Morgan fingerprint density at radius 1 is 1.20 bits per heavy atom. The lowest BCUT2D eigenvalue weighted by atomic mass is 10.0. The summed E-state index contributed by atoms with van der Waals surface area (Å²) in [4.78, 5) is 26.0. The van der Waals surface area contributed by atoms with Gasteiger partial charge in [-0.1, -0.05) is 36.4 Å². The Morgan fingerprint density at radius 3 is 2.68 bits per heavy atom. The van der Waals surface area contributed by atoms with Gasteiger partial charge in [-0.2, -0.15) is 0 Å². The lowest BCUT2D eigenvalue weighted by Gasteiger charge is -2.20. The number of cyclic esters (lactones) is 1. The van der Waals surface area contributed by atoms with Crippen molar-refractivity contribution in [3.63, 3.8) is 0 Å². The maximum atomic E-state index is 12.7. The lowest BCUT2D eigenvalue weighted by Crippen LogP contribution is -2.41. The molecule has 1 aliphatic rings. The van der Waals surface area contributed by atoms with Gasteiger partial charge >= 0.3 is 6.09 Å². The maximum Gasteiger partial charge on any atom is 0.416 e. The van der Waals surface area contributed by atoms with Gasteiger partial charge in [-0.15, -0.1) is 0 Å². The molecule has 0 saturated carbocycles. The summed E-state index contributed by atoms with van der Waals surface area (Å²) < 4.78 is 10.4. The number of carbonyl (C=O) groups is 2. The van der Waals surface area contributed by atoms with Gasteiger partial charge in [0, 0.05) is 0 Å². The fourth-order valence-electron chi connectivity index (χ4n) is 3.11. The highest BCUT2D eigenvalue weighted by Gasteiger charge is 2.37. The van der Waals surface area contributed by atoms with Crippen LogP contribution in [0.15, 0.2) is 48.5 Å². The number of rotatable bonds is 5. The summed E-state index contributed by atoms with van der Waals surface area (Å²) in [6, 6.07) is 15.2. The first-order chi connectivity index (χ1) is 12.1. The van der Waals surface area contributed by atoms with Crippen LogP contribution >= 0.6 is 0 Å². The van der Waals surface area contributed by atoms with E-state index in [1.807, 2.05) is 55.5 Å². The Labute approximate surface area is 147 Å². The van der Waals surface area contributed by atoms with E-state index in [9.17, 15) is 9.59 Å². The van der Waals surface area contributed by atoms with Crippen LogP contribution in [0.5, 0.6) is 5.75 Å². The van der Waals surface area contributed by atoms with E-state index in [2.05, 4.69) is 0 Å². The highest BCUT2D eigenvalue weighted by Crippen LogP contribution is 2.21. The second-order valence-electron chi connectivity index (χ2n) is 6.22. The van der Waals surface area contributed by atoms with Crippen molar-refractivity contribution in [1.82, 2.24) is 4.90 Å². The molecule has 1 heterocycles. The number of ether oxygens (including phenoxy) is 2. The van der Waals surface area contributed by atoms with E-state index in [-0.39, 0.29) is 25.0 Å². The van der Waals surface area contributed by atoms with Gasteiger partial charge in [0.2, 0.25) is 5.91 Å². The predicted octanol–water partition coefficient (Wildman–Crippen LogP) is 3.14. The summed E-state index contributed by atoms with van der Waals surface area (Å²) in [6.07, 6.45) is 0.166. The Kier molecular flexibility index (Phi) is 5.03. The predicted molar refractivity (Wildman–Crippen MR) is 93.6 cm³/mol. The van der Waals surface area contributed by atoms with E-state index >= 15 is 0 Å². The van der Waals surface area contributed by atoms with Crippen LogP contribution in [0.25, 0.3) is 0 Å². The SMILES string of the molecule is COc1cc(C)cc(CC(=O)N2C(=O)OC[C@H]2Cc2ccccc2)c1. The fraction of sp³-hybridized carbons (Fsp3) is 0.300. The highest BCUT2D eigenvalue weighted by molar-refractivity contribution is 5.94. The summed E-state index contributed by atoms with van der Waals surface area (Å²) in [5.41, 5.74) is 2.90. The molecule has 0 N–H and O–H groups in total. The molecule has 1 atom stereocenters. The van der Waals surface area contributed by atoms with Crippen molar-refractivity contribution < 1.29 is 19.1 Å². The molecule has 1 fully saturated rings. The molecular formula is C20H21NO4. The van der Waals surface area contributed by atoms with Crippen molar-refractivity contribution in [1.29, 1.82) is 0 Å². The van der Waals surface area contributed by atoms with E-state index in [1.165, 1.54) is 4.90 Å². The van der Waals surface area contributed by atoms with Gasteiger partial charge in [0.15, 0.2) is 0 Å². The van der Waals surface area contributed by atoms with Gasteiger partial charge in [0.1, 0.15) is 12.4 Å². The van der Waals surface area contributed by atoms with Crippen molar-refractivity contribution in [3.05, 3.63) is 65.2 Å². The van der Waals surface area contributed by atoms with Gasteiger partial charge < -0.3 is 9.47 Å². The molecule has 25 heavy (non-hydrogen) atoms. The highest BCUT2D eigenvalue weighted by atomic mass is 16.6. The van der Waals surface area contributed by atoms with Crippen molar-refractivity contribution >= 4 is 12.0 Å². The van der Waals surface area contributed by atoms with E-state index < -0.39 is 6.09 Å². The van der Waals surface area contributed by atoms with Crippen molar-refractivity contribution in [2.24, 2.45) is 0 Å². The Hall–Kier alpha value is -2.82. The third-order valence-corrected chi connectivity index (χ3v) is 4.25. The van der Waals surface area contributed by atoms with Crippen LogP contribution in [0.1, 0.15) is 16.7 Å². The maximum absolute atomic E-state index is 12.7. The molecule has 2 amide bonds. The molecule has 0 aromatic heterocycles. The number of carbonyl (C=O) groups excluding carboxylic acids is 2. The summed E-state index contributed by atoms with van der Waals surface area (Å²) in [7, 11) is 1.59. The topological polar surface area (TPSA) is 55.8 Å². The Bertz CT molecular complexity index is 773. The number of methoxy groups -OCH3 is 1. The van der Waals surface area contributed by atoms with Gasteiger partial charge in [-0.05, 0) is 42.2 Å². The van der Waals surface area contributed by atoms with Crippen LogP contribution in [0.4, 0.5) is 4.79 Å². The number of benzene rings is 2. The zero-order valence-corrected chi connectivity index (χ0v) is 14.4. The minimum atomic E-state index is -0.564. The largest absolute Gasteiger partial charge is 0.497 e. The van der Waals surface area contributed by atoms with Gasteiger partial charge in [0.05, 0.1) is 19.6 Å². The first-order valence-corrected chi connectivity index (χ1v) is 8.24. The van der Waals surface area contributed by atoms with Crippen LogP contribution in [-0.4, -0.2) is 36.7 Å². The van der Waals surface area contributed by atoms with E-state index in [4.69, 9.17) is 9.47 Å². The molecule has 0 unspecified atom stereocenters. The average molecular weight is 339 g/mol. The monoisotopic (exact) mass is 339 g/mol. The van der Waals surface area contributed by atoms with Crippen LogP contribution in [0.2, 0.25) is 0 Å². The van der Waals surface area contributed by atoms with Crippen molar-refractivity contribution in [3.8, 4) is 5.75 Å². The number of amides is 2. The van der Waals surface area contributed by atoms with Crippen molar-refractivity contribution in [2.45, 2.75) is 25.8 Å². The molecular weight excluding hydrogens is 318 g/mol. The molecule has 0 radical (unpaired) electrons. The van der Waals surface area contributed by atoms with Crippen LogP contribution < -0.4 is 4.74 Å². The molecule has 5 nitrogen and oxygen atoms in total. The third kappa shape index (κ3) is 3.99. The molecule has 3 rings (SSSR count). The first-order valence-electron chi connectivity index (χ1n) is 8.24. The summed E-state index contributed by atoms with van der Waals surface area (Å²) in [5, 5.41) is 0. The molecule has 130 valence electrons. The summed E-state index contributed by atoms with van der Waals surface area (Å²) in [5.74, 6) is 0.448. The quantitative estimate of drug-likeness (QED) is 0.840. The second-order valence-corrected chi connectivity index (χ2v) is 6.22. The molecule has 2 aromatic rings. The number of aryl methyl sites for hydroxylation is 1. The zero-order chi connectivity index (χ0) is 17.8. The average Bonchev–Trinajstić information content (AvgIpc) is 2.95. The van der Waals surface area contributed by atoms with Gasteiger partial charge in [-0.25, -0.2) is 9.69 Å². The number of imide groups is 1. The number of hydrogen-bond donors (Lipinski definition) is 0. The Morgan fingerprint density at radius 2 is 1.96 bits per heavy atom. The van der Waals surface area contributed by atoms with Crippen LogP contribution in [0.3, 0.4) is 0 Å². The molecule has 0 aliphatic carbocycles. The van der Waals surface area contributed by atoms with E-state index in [1.54, 1.807) is 7.11 Å². The van der Waals surface area contributed by atoms with E-state index in [0.29, 0.717) is 12.2 Å². The van der Waals surface area contributed by atoms with Gasteiger partial charge in [0.25, 0.3) is 0 Å². The van der Waals surface area contributed by atoms with E-state index in [0.717, 1.165) is 16.7 Å². The summed E-state index contributed by atoms with van der Waals surface area (Å²) >= 11 is 0. The van der Waals surface area contributed by atoms with Crippen LogP contribution in [-0.2, 0) is 22.4 Å². The molecule has 5 heteroatoms. The normalized spacial score (nSPS) is 16.6.